The Morgan fingerprint density at radius 3 is 2.60 bits per heavy atom. The summed E-state index contributed by atoms with van der Waals surface area (Å²) in [7, 11) is 1.93. The first-order valence-electron chi connectivity index (χ1n) is 22.8. The van der Waals surface area contributed by atoms with Gasteiger partial charge >= 0.3 is 0 Å². The Kier molecular flexibility index (Phi) is 9.69. The van der Waals surface area contributed by atoms with Crippen molar-refractivity contribution in [2.45, 2.75) is 135 Å². The number of phenols is 1. The van der Waals surface area contributed by atoms with Gasteiger partial charge in [-0.1, -0.05) is 27.4 Å². The minimum Gasteiger partial charge on any atom is -0.508 e. The molecule has 2 N–H and O–H groups in total. The van der Waals surface area contributed by atoms with Gasteiger partial charge in [-0.2, -0.15) is 0 Å². The summed E-state index contributed by atoms with van der Waals surface area (Å²) in [4.78, 5) is 49.1. The zero-order valence-corrected chi connectivity index (χ0v) is 35.9. The van der Waals surface area contributed by atoms with E-state index in [1.807, 2.05) is 31.0 Å². The highest BCUT2D eigenvalue weighted by Gasteiger charge is 2.60. The van der Waals surface area contributed by atoms with Crippen molar-refractivity contribution in [3.63, 3.8) is 0 Å². The van der Waals surface area contributed by atoms with Crippen LogP contribution < -0.4 is 5.56 Å². The van der Waals surface area contributed by atoms with Crippen molar-refractivity contribution >= 4 is 22.6 Å². The summed E-state index contributed by atoms with van der Waals surface area (Å²) in [6.45, 7) is 13.4. The number of Topliss-reactive ketones (excluding diaryl/α,β-unsaturated/α-hetero) is 1. The molecule has 4 saturated carbocycles. The maximum Gasteiger partial charge on any atom is 0.258 e. The lowest BCUT2D eigenvalue weighted by molar-refractivity contribution is -0.153. The van der Waals surface area contributed by atoms with Crippen LogP contribution in [0.5, 0.6) is 5.75 Å². The first-order chi connectivity index (χ1) is 28.7. The fourth-order valence-corrected chi connectivity index (χ4v) is 13.8. The van der Waals surface area contributed by atoms with Crippen molar-refractivity contribution < 1.29 is 29.3 Å². The number of hydrogen-bond donors (Lipinski definition) is 2. The van der Waals surface area contributed by atoms with Gasteiger partial charge in [0.1, 0.15) is 36.1 Å². The van der Waals surface area contributed by atoms with E-state index >= 15 is 0 Å². The van der Waals surface area contributed by atoms with E-state index in [0.29, 0.717) is 76.9 Å². The van der Waals surface area contributed by atoms with Crippen molar-refractivity contribution in [2.75, 3.05) is 26.7 Å². The second kappa shape index (κ2) is 14.5. The van der Waals surface area contributed by atoms with E-state index in [1.54, 1.807) is 10.6 Å². The van der Waals surface area contributed by atoms with Gasteiger partial charge in [-0.15, -0.1) is 0 Å². The molecule has 5 heterocycles. The van der Waals surface area contributed by atoms with Gasteiger partial charge in [-0.3, -0.25) is 19.3 Å². The van der Waals surface area contributed by atoms with E-state index in [1.165, 1.54) is 25.7 Å². The number of phenolic OH excluding ortho intramolecular Hbond substituents is 1. The lowest BCUT2D eigenvalue weighted by Crippen LogP contribution is -2.54. The summed E-state index contributed by atoms with van der Waals surface area (Å²) in [5, 5.41) is 23.5. The largest absolute Gasteiger partial charge is 0.508 e. The van der Waals surface area contributed by atoms with Gasteiger partial charge in [0, 0.05) is 67.6 Å². The number of aromatic nitrogens is 2. The van der Waals surface area contributed by atoms with Crippen LogP contribution >= 0.6 is 0 Å². The van der Waals surface area contributed by atoms with Gasteiger partial charge in [0.15, 0.2) is 0 Å². The fourth-order valence-electron chi connectivity index (χ4n) is 13.8. The number of rotatable bonds is 7. The molecular formula is C49H62N4O7. The predicted octanol–water partition coefficient (Wildman–Crippen LogP) is 7.19. The number of hydrogen-bond acceptors (Lipinski definition) is 9. The summed E-state index contributed by atoms with van der Waals surface area (Å²) >= 11 is 0. The Labute approximate surface area is 353 Å². The van der Waals surface area contributed by atoms with Gasteiger partial charge in [0.2, 0.25) is 5.91 Å². The van der Waals surface area contributed by atoms with Gasteiger partial charge < -0.3 is 29.2 Å². The minimum absolute atomic E-state index is 0.0542. The number of ketones is 1. The molecule has 3 aliphatic heterocycles. The Bertz CT molecular complexity index is 2350. The third-order valence-electron chi connectivity index (χ3n) is 17.6. The van der Waals surface area contributed by atoms with Crippen LogP contribution in [0.25, 0.3) is 22.3 Å². The standard InChI is InChI=1S/C49H62N4O7/c1-6-49(58)28(2)59-26-36-39(49)23-41-45-29(24-53(41)46(36)57)21-34-35(42(55)11-10-40(34)50-45)25-52-19-15-31(16-20-52)51(5)44(56)27-60-43-12-9-37-33-8-7-30-22-32(54)13-17-47(30,3)38(33)14-18-48(37,43)4/h10-11,21,23,30-31,33,37-38,43,55,58H,2,6-9,12-20,22,24-27H2,1,3-5H3/t30-,33-,37-,38-,43-,47-,48-,49+/m0/s1. The highest BCUT2D eigenvalue weighted by Crippen LogP contribution is 2.66. The van der Waals surface area contributed by atoms with Crippen LogP contribution in [0.15, 0.2) is 41.4 Å². The van der Waals surface area contributed by atoms with E-state index in [0.717, 1.165) is 80.1 Å². The van der Waals surface area contributed by atoms with E-state index in [9.17, 15) is 24.6 Å². The third-order valence-corrected chi connectivity index (χ3v) is 17.6. The molecule has 11 nitrogen and oxygen atoms in total. The Morgan fingerprint density at radius 1 is 1.03 bits per heavy atom. The van der Waals surface area contributed by atoms with Crippen molar-refractivity contribution in [3.05, 3.63) is 69.2 Å². The molecule has 0 unspecified atom stereocenters. The average Bonchev–Trinajstić information content (AvgIpc) is 3.78. The number of pyridine rings is 2. The molecular weight excluding hydrogens is 757 g/mol. The van der Waals surface area contributed by atoms with Crippen LogP contribution in [0.3, 0.4) is 0 Å². The van der Waals surface area contributed by atoms with E-state index < -0.39 is 5.60 Å². The summed E-state index contributed by atoms with van der Waals surface area (Å²) < 4.78 is 14.0. The first-order valence-corrected chi connectivity index (χ1v) is 22.8. The number of aromatic hydroxyl groups is 1. The maximum atomic E-state index is 13.8. The number of nitrogens with zero attached hydrogens (tertiary/aromatic N) is 4. The molecule has 0 spiro atoms. The third kappa shape index (κ3) is 6.06. The Hall–Kier alpha value is -4.06. The molecule has 1 amide bonds. The first kappa shape index (κ1) is 40.0. The molecule has 2 aromatic heterocycles. The predicted molar refractivity (Wildman–Crippen MR) is 228 cm³/mol. The van der Waals surface area contributed by atoms with Crippen molar-refractivity contribution in [3.8, 4) is 17.1 Å². The molecule has 4 aliphatic carbocycles. The molecule has 5 fully saturated rings. The summed E-state index contributed by atoms with van der Waals surface area (Å²) in [5.74, 6) is 3.60. The molecule has 10 rings (SSSR count). The van der Waals surface area contributed by atoms with Gasteiger partial charge in [-0.05, 0) is 123 Å². The lowest BCUT2D eigenvalue weighted by atomic mass is 9.45. The van der Waals surface area contributed by atoms with Gasteiger partial charge in [-0.25, -0.2) is 4.98 Å². The number of carbonyl (C=O) groups excluding carboxylic acids is 2. The summed E-state index contributed by atoms with van der Waals surface area (Å²) in [6, 6.07) is 7.58. The monoisotopic (exact) mass is 818 g/mol. The van der Waals surface area contributed by atoms with Crippen LogP contribution in [-0.2, 0) is 44.4 Å². The number of aliphatic hydroxyl groups is 1. The number of ether oxygens (including phenoxy) is 2. The minimum atomic E-state index is -1.44. The number of fused-ring (bicyclic) bond motifs is 10. The van der Waals surface area contributed by atoms with E-state index in [4.69, 9.17) is 14.5 Å². The second-order valence-corrected chi connectivity index (χ2v) is 20.2. The average molecular weight is 819 g/mol. The smallest absolute Gasteiger partial charge is 0.258 e. The number of amides is 1. The maximum absolute atomic E-state index is 13.8. The molecule has 0 radical (unpaired) electrons. The number of piperidine rings is 1. The molecule has 1 aromatic carbocycles. The lowest BCUT2D eigenvalue weighted by Gasteiger charge is -2.60. The fraction of sp³-hybridized carbons (Fsp3) is 0.633. The van der Waals surface area contributed by atoms with Crippen LogP contribution in [0.4, 0.5) is 0 Å². The van der Waals surface area contributed by atoms with Crippen LogP contribution in [0.1, 0.15) is 120 Å². The van der Waals surface area contributed by atoms with Crippen LogP contribution in [0, 0.1) is 34.5 Å². The normalized spacial score (nSPS) is 33.6. The summed E-state index contributed by atoms with van der Waals surface area (Å²) in [5.41, 5.74) is 3.55. The van der Waals surface area contributed by atoms with Crippen molar-refractivity contribution in [1.29, 1.82) is 0 Å². The highest BCUT2D eigenvalue weighted by molar-refractivity contribution is 5.88. The molecule has 7 aliphatic rings. The highest BCUT2D eigenvalue weighted by atomic mass is 16.5. The zero-order valence-electron chi connectivity index (χ0n) is 35.9. The molecule has 60 heavy (non-hydrogen) atoms. The van der Waals surface area contributed by atoms with E-state index in [2.05, 4.69) is 31.4 Å². The molecule has 3 aromatic rings. The molecule has 320 valence electrons. The van der Waals surface area contributed by atoms with Gasteiger partial charge in [0.05, 0.1) is 35.1 Å². The molecule has 0 bridgehead atoms. The van der Waals surface area contributed by atoms with Crippen molar-refractivity contribution in [1.82, 2.24) is 19.4 Å². The molecule has 11 heteroatoms. The Morgan fingerprint density at radius 2 is 1.82 bits per heavy atom. The number of likely N-dealkylation sites (tertiary alicyclic amines) is 1. The number of likely N-dealkylation sites (N-methyl/N-ethyl adjacent to an activating group) is 1. The Balaban J connectivity index is 0.773. The second-order valence-electron chi connectivity index (χ2n) is 20.2. The number of benzene rings is 1. The summed E-state index contributed by atoms with van der Waals surface area (Å²) in [6.07, 6.45) is 11.7. The van der Waals surface area contributed by atoms with Crippen LogP contribution in [0.2, 0.25) is 0 Å². The SMILES string of the molecule is C=C1OCc2c(cc3n(c2=O)Cc2cc4c(CN5CCC(N(C)C(=O)CO[C@H]6CC[C@H]7[C@@H]8CC[C@H]9CC(=O)CC[C@]9(C)[C@H]8CC[C@]67C)CC5)c(O)ccc4nc2-3)[C@@]1(O)CC. The zero-order chi connectivity index (χ0) is 41.9. The topological polar surface area (TPSA) is 134 Å². The van der Waals surface area contributed by atoms with E-state index in [-0.39, 0.29) is 53.7 Å². The van der Waals surface area contributed by atoms with Crippen LogP contribution in [-0.4, -0.2) is 80.1 Å². The van der Waals surface area contributed by atoms with Crippen molar-refractivity contribution in [2.24, 2.45) is 34.5 Å². The molecule has 8 atom stereocenters. The van der Waals surface area contributed by atoms with Gasteiger partial charge in [0.25, 0.3) is 5.56 Å². The number of carbonyl (C=O) groups is 2. The quantitative estimate of drug-likeness (QED) is 0.199. The molecule has 1 saturated heterocycles.